The minimum absolute atomic E-state index is 0.457. The quantitative estimate of drug-likeness (QED) is 0.814. The van der Waals surface area contributed by atoms with Gasteiger partial charge in [0.2, 0.25) is 0 Å². The zero-order chi connectivity index (χ0) is 17.3. The van der Waals surface area contributed by atoms with Gasteiger partial charge in [-0.25, -0.2) is 8.42 Å². The van der Waals surface area contributed by atoms with Gasteiger partial charge in [0.1, 0.15) is 5.75 Å². The number of benzene rings is 2. The summed E-state index contributed by atoms with van der Waals surface area (Å²) in [6.07, 6.45) is 1.29. The minimum Gasteiger partial charge on any atom is -0.496 e. The number of rotatable bonds is 6. The summed E-state index contributed by atoms with van der Waals surface area (Å²) in [5, 5.41) is 2.29. The third kappa shape index (κ3) is 3.85. The topological polar surface area (TPSA) is 46.6 Å². The van der Waals surface area contributed by atoms with E-state index >= 15 is 0 Å². The van der Waals surface area contributed by atoms with Gasteiger partial charge < -0.3 is 9.64 Å². The van der Waals surface area contributed by atoms with Crippen LogP contribution in [0.1, 0.15) is 19.4 Å². The Balaban J connectivity index is 2.34. The Bertz CT molecular complexity index is 797. The molecule has 0 fully saturated rings. The van der Waals surface area contributed by atoms with Crippen molar-refractivity contribution in [3.05, 3.63) is 42.0 Å². The molecule has 0 atom stereocenters. The number of sulfone groups is 1. The summed E-state index contributed by atoms with van der Waals surface area (Å²) in [4.78, 5) is 2.03. The molecule has 4 nitrogen and oxygen atoms in total. The van der Waals surface area contributed by atoms with E-state index < -0.39 is 14.6 Å². The van der Waals surface area contributed by atoms with Crippen LogP contribution < -0.4 is 4.74 Å². The third-order valence-corrected chi connectivity index (χ3v) is 6.44. The Morgan fingerprint density at radius 1 is 1.13 bits per heavy atom. The van der Waals surface area contributed by atoms with Gasteiger partial charge in [0.25, 0.3) is 0 Å². The monoisotopic (exact) mass is 335 g/mol. The van der Waals surface area contributed by atoms with E-state index in [0.29, 0.717) is 13.1 Å². The molecule has 0 aromatic heterocycles. The average molecular weight is 335 g/mol. The van der Waals surface area contributed by atoms with Crippen molar-refractivity contribution >= 4 is 20.6 Å². The molecule has 0 heterocycles. The zero-order valence-electron chi connectivity index (χ0n) is 14.5. The fraction of sp³-hybridized carbons (Fsp3) is 0.444. The summed E-state index contributed by atoms with van der Waals surface area (Å²) >= 11 is 0. The van der Waals surface area contributed by atoms with E-state index in [1.807, 2.05) is 36.2 Å². The fourth-order valence-electron chi connectivity index (χ4n) is 2.76. The first-order chi connectivity index (χ1) is 10.7. The van der Waals surface area contributed by atoms with Crippen molar-refractivity contribution in [1.29, 1.82) is 0 Å². The first-order valence-electron chi connectivity index (χ1n) is 7.58. The molecular formula is C18H25NO3S. The Morgan fingerprint density at radius 3 is 2.39 bits per heavy atom. The maximum absolute atomic E-state index is 11.9. The van der Waals surface area contributed by atoms with Crippen molar-refractivity contribution in [2.24, 2.45) is 0 Å². The molecule has 2 aromatic rings. The Hall–Kier alpha value is -1.59. The molecule has 0 radical (unpaired) electrons. The molecule has 2 rings (SSSR count). The molecule has 0 N–H and O–H groups in total. The van der Waals surface area contributed by atoms with Crippen molar-refractivity contribution in [2.75, 3.05) is 27.0 Å². The van der Waals surface area contributed by atoms with Crippen LogP contribution in [0.2, 0.25) is 0 Å². The number of fused-ring (bicyclic) bond motifs is 1. The Morgan fingerprint density at radius 2 is 1.78 bits per heavy atom. The molecule has 0 unspecified atom stereocenters. The third-order valence-electron chi connectivity index (χ3n) is 4.30. The van der Waals surface area contributed by atoms with Crippen molar-refractivity contribution in [3.8, 4) is 5.75 Å². The SMILES string of the molecule is COc1ccc2ccccc2c1CN(C)CC(C)(C)S(C)(=O)=O. The number of hydrogen-bond donors (Lipinski definition) is 0. The smallest absolute Gasteiger partial charge is 0.153 e. The van der Waals surface area contributed by atoms with E-state index in [0.717, 1.165) is 22.1 Å². The van der Waals surface area contributed by atoms with Gasteiger partial charge in [-0.15, -0.1) is 0 Å². The highest BCUT2D eigenvalue weighted by Gasteiger charge is 2.31. The molecule has 2 aromatic carbocycles. The Labute approximate surface area is 139 Å². The van der Waals surface area contributed by atoms with Crippen LogP contribution in [0.5, 0.6) is 5.75 Å². The highest BCUT2D eigenvalue weighted by atomic mass is 32.2. The molecule has 0 amide bonds. The van der Waals surface area contributed by atoms with E-state index in [4.69, 9.17) is 4.74 Å². The van der Waals surface area contributed by atoms with Crippen molar-refractivity contribution in [1.82, 2.24) is 4.90 Å². The highest BCUT2D eigenvalue weighted by molar-refractivity contribution is 7.92. The number of hydrogen-bond acceptors (Lipinski definition) is 4. The summed E-state index contributed by atoms with van der Waals surface area (Å²) in [6, 6.07) is 12.2. The molecule has 0 saturated carbocycles. The van der Waals surface area contributed by atoms with E-state index in [-0.39, 0.29) is 0 Å². The van der Waals surface area contributed by atoms with Crippen LogP contribution in [-0.2, 0) is 16.4 Å². The molecule has 0 aliphatic rings. The lowest BCUT2D eigenvalue weighted by Gasteiger charge is -2.29. The second kappa shape index (κ2) is 6.49. The second-order valence-electron chi connectivity index (χ2n) is 6.67. The standard InChI is InChI=1S/C18H25NO3S/c1-18(2,23(5,20)21)13-19(3)12-16-15-9-7-6-8-14(15)10-11-17(16)22-4/h6-11H,12-13H2,1-5H3. The molecule has 0 aliphatic carbocycles. The summed E-state index contributed by atoms with van der Waals surface area (Å²) in [5.41, 5.74) is 1.08. The number of ether oxygens (including phenoxy) is 1. The Kier molecular flexibility index (Phi) is 5.01. The van der Waals surface area contributed by atoms with Crippen molar-refractivity contribution in [2.45, 2.75) is 25.1 Å². The lowest BCUT2D eigenvalue weighted by molar-refractivity contribution is 0.291. The molecule has 0 saturated heterocycles. The van der Waals surface area contributed by atoms with Gasteiger partial charge in [0.05, 0.1) is 11.9 Å². The second-order valence-corrected chi connectivity index (χ2v) is 9.32. The van der Waals surface area contributed by atoms with Crippen molar-refractivity contribution < 1.29 is 13.2 Å². The first kappa shape index (κ1) is 17.8. The van der Waals surface area contributed by atoms with Gasteiger partial charge >= 0.3 is 0 Å². The predicted octanol–water partition coefficient (Wildman–Crippen LogP) is 3.10. The average Bonchev–Trinajstić information content (AvgIpc) is 2.46. The van der Waals surface area contributed by atoms with Crippen molar-refractivity contribution in [3.63, 3.8) is 0 Å². The maximum atomic E-state index is 11.9. The summed E-state index contributed by atoms with van der Waals surface area (Å²) in [6.45, 7) is 4.61. The van der Waals surface area contributed by atoms with Crippen LogP contribution in [-0.4, -0.2) is 45.0 Å². The number of nitrogens with zero attached hydrogens (tertiary/aromatic N) is 1. The largest absolute Gasteiger partial charge is 0.496 e. The lowest BCUT2D eigenvalue weighted by atomic mass is 10.0. The molecule has 0 bridgehead atoms. The zero-order valence-corrected chi connectivity index (χ0v) is 15.3. The molecule has 5 heteroatoms. The van der Waals surface area contributed by atoms with Crippen LogP contribution in [0.25, 0.3) is 10.8 Å². The fourth-order valence-corrected chi connectivity index (χ4v) is 3.22. The van der Waals surface area contributed by atoms with Gasteiger partial charge in [-0.3, -0.25) is 0 Å². The molecular weight excluding hydrogens is 310 g/mol. The number of methoxy groups -OCH3 is 1. The molecule has 0 aliphatic heterocycles. The van der Waals surface area contributed by atoms with Gasteiger partial charge in [0.15, 0.2) is 9.84 Å². The van der Waals surface area contributed by atoms with Gasteiger partial charge in [-0.2, -0.15) is 0 Å². The summed E-state index contributed by atoms with van der Waals surface area (Å²) in [7, 11) is 0.479. The van der Waals surface area contributed by atoms with E-state index in [2.05, 4.69) is 12.1 Å². The van der Waals surface area contributed by atoms with E-state index in [9.17, 15) is 8.42 Å². The molecule has 0 spiro atoms. The lowest BCUT2D eigenvalue weighted by Crippen LogP contribution is -2.42. The minimum atomic E-state index is -3.12. The van der Waals surface area contributed by atoms with Gasteiger partial charge in [0, 0.05) is 24.9 Å². The molecule has 126 valence electrons. The maximum Gasteiger partial charge on any atom is 0.153 e. The summed E-state index contributed by atoms with van der Waals surface area (Å²) < 4.78 is 28.6. The highest BCUT2D eigenvalue weighted by Crippen LogP contribution is 2.29. The van der Waals surface area contributed by atoms with Gasteiger partial charge in [-0.05, 0) is 37.7 Å². The van der Waals surface area contributed by atoms with Gasteiger partial charge in [-0.1, -0.05) is 30.3 Å². The predicted molar refractivity (Wildman–Crippen MR) is 95.8 cm³/mol. The van der Waals surface area contributed by atoms with Crippen LogP contribution >= 0.6 is 0 Å². The summed E-state index contributed by atoms with van der Waals surface area (Å²) in [5.74, 6) is 0.827. The van der Waals surface area contributed by atoms with Crippen LogP contribution in [0.4, 0.5) is 0 Å². The van der Waals surface area contributed by atoms with Crippen LogP contribution in [0.3, 0.4) is 0 Å². The van der Waals surface area contributed by atoms with E-state index in [1.54, 1.807) is 21.0 Å². The van der Waals surface area contributed by atoms with Crippen LogP contribution in [0, 0.1) is 0 Å². The normalized spacial score (nSPS) is 12.8. The molecule has 23 heavy (non-hydrogen) atoms. The van der Waals surface area contributed by atoms with E-state index in [1.165, 1.54) is 6.26 Å². The van der Waals surface area contributed by atoms with Crippen LogP contribution in [0.15, 0.2) is 36.4 Å². The first-order valence-corrected chi connectivity index (χ1v) is 9.47.